The van der Waals surface area contributed by atoms with E-state index < -0.39 is 0 Å². The molecular formula is C17H26N2. The first kappa shape index (κ1) is 13.0. The summed E-state index contributed by atoms with van der Waals surface area (Å²) in [6, 6.07) is 6.76. The largest absolute Gasteiger partial charge is 0.385 e. The Hall–Kier alpha value is -1.02. The SMILES string of the molecule is CC1(NCc2cccc3c2NCCC3)CCCCC1. The molecular weight excluding hydrogens is 232 g/mol. The smallest absolute Gasteiger partial charge is 0.0418 e. The summed E-state index contributed by atoms with van der Waals surface area (Å²) in [6.45, 7) is 4.53. The quantitative estimate of drug-likeness (QED) is 0.860. The number of rotatable bonds is 3. The van der Waals surface area contributed by atoms with Crippen molar-refractivity contribution in [3.05, 3.63) is 29.3 Å². The van der Waals surface area contributed by atoms with Gasteiger partial charge in [0.2, 0.25) is 0 Å². The molecule has 0 radical (unpaired) electrons. The number of anilines is 1. The molecule has 1 saturated carbocycles. The van der Waals surface area contributed by atoms with E-state index in [4.69, 9.17) is 0 Å². The van der Waals surface area contributed by atoms with Gasteiger partial charge in [-0.2, -0.15) is 0 Å². The highest BCUT2D eigenvalue weighted by molar-refractivity contribution is 5.59. The Balaban J connectivity index is 1.69. The van der Waals surface area contributed by atoms with Crippen molar-refractivity contribution >= 4 is 5.69 Å². The van der Waals surface area contributed by atoms with Crippen LogP contribution in [0.25, 0.3) is 0 Å². The molecule has 1 fully saturated rings. The molecule has 0 saturated heterocycles. The summed E-state index contributed by atoms with van der Waals surface area (Å²) >= 11 is 0. The van der Waals surface area contributed by atoms with Crippen molar-refractivity contribution in [3.63, 3.8) is 0 Å². The fourth-order valence-electron chi connectivity index (χ4n) is 3.55. The molecule has 1 aliphatic heterocycles. The number of hydrogen-bond donors (Lipinski definition) is 2. The van der Waals surface area contributed by atoms with Crippen LogP contribution in [-0.2, 0) is 13.0 Å². The maximum atomic E-state index is 3.82. The summed E-state index contributed by atoms with van der Waals surface area (Å²) in [7, 11) is 0. The van der Waals surface area contributed by atoms with E-state index in [-0.39, 0.29) is 0 Å². The lowest BCUT2D eigenvalue weighted by atomic mass is 9.83. The second kappa shape index (κ2) is 5.54. The van der Waals surface area contributed by atoms with Gasteiger partial charge in [-0.25, -0.2) is 0 Å². The summed E-state index contributed by atoms with van der Waals surface area (Å²) in [5.74, 6) is 0. The van der Waals surface area contributed by atoms with Crippen LogP contribution in [0.1, 0.15) is 56.6 Å². The third-order valence-corrected chi connectivity index (χ3v) is 4.82. The van der Waals surface area contributed by atoms with Gasteiger partial charge in [0.1, 0.15) is 0 Å². The minimum absolute atomic E-state index is 0.357. The molecule has 0 bridgehead atoms. The van der Waals surface area contributed by atoms with E-state index >= 15 is 0 Å². The molecule has 0 spiro atoms. The highest BCUT2D eigenvalue weighted by Gasteiger charge is 2.26. The van der Waals surface area contributed by atoms with Gasteiger partial charge in [0.25, 0.3) is 0 Å². The monoisotopic (exact) mass is 258 g/mol. The zero-order chi connectivity index (χ0) is 13.1. The molecule has 2 aliphatic rings. The summed E-state index contributed by atoms with van der Waals surface area (Å²) in [6.07, 6.45) is 9.34. The predicted octanol–water partition coefficient (Wildman–Crippen LogP) is 3.86. The molecule has 0 aromatic heterocycles. The van der Waals surface area contributed by atoms with Gasteiger partial charge in [-0.3, -0.25) is 0 Å². The van der Waals surface area contributed by atoms with Crippen molar-refractivity contribution in [1.29, 1.82) is 0 Å². The Morgan fingerprint density at radius 2 is 2.00 bits per heavy atom. The van der Waals surface area contributed by atoms with Gasteiger partial charge in [-0.15, -0.1) is 0 Å². The molecule has 0 atom stereocenters. The highest BCUT2D eigenvalue weighted by atomic mass is 15.0. The molecule has 2 N–H and O–H groups in total. The van der Waals surface area contributed by atoms with Gasteiger partial charge in [-0.05, 0) is 43.7 Å². The Kier molecular flexibility index (Phi) is 3.79. The van der Waals surface area contributed by atoms with E-state index in [2.05, 4.69) is 35.8 Å². The zero-order valence-electron chi connectivity index (χ0n) is 12.1. The first-order valence-electron chi connectivity index (χ1n) is 7.87. The molecule has 1 aliphatic carbocycles. The molecule has 1 aromatic carbocycles. The maximum absolute atomic E-state index is 3.82. The summed E-state index contributed by atoms with van der Waals surface area (Å²) < 4.78 is 0. The number of fused-ring (bicyclic) bond motifs is 1. The summed E-state index contributed by atoms with van der Waals surface area (Å²) in [4.78, 5) is 0. The van der Waals surface area contributed by atoms with Crippen LogP contribution in [0.5, 0.6) is 0 Å². The molecule has 19 heavy (non-hydrogen) atoms. The van der Waals surface area contributed by atoms with E-state index in [1.807, 2.05) is 0 Å². The lowest BCUT2D eigenvalue weighted by molar-refractivity contribution is 0.252. The molecule has 1 aromatic rings. The number of aryl methyl sites for hydroxylation is 1. The summed E-state index contributed by atoms with van der Waals surface area (Å²) in [5.41, 5.74) is 4.71. The Morgan fingerprint density at radius 3 is 2.84 bits per heavy atom. The van der Waals surface area contributed by atoms with E-state index in [1.165, 1.54) is 61.8 Å². The average molecular weight is 258 g/mol. The maximum Gasteiger partial charge on any atom is 0.0418 e. The fraction of sp³-hybridized carbons (Fsp3) is 0.647. The van der Waals surface area contributed by atoms with Crippen molar-refractivity contribution in [2.24, 2.45) is 0 Å². The minimum Gasteiger partial charge on any atom is -0.385 e. The molecule has 0 unspecified atom stereocenters. The predicted molar refractivity (Wildman–Crippen MR) is 81.6 cm³/mol. The van der Waals surface area contributed by atoms with E-state index in [0.29, 0.717) is 5.54 Å². The van der Waals surface area contributed by atoms with E-state index in [0.717, 1.165) is 13.1 Å². The number of para-hydroxylation sites is 1. The molecule has 2 heteroatoms. The number of benzene rings is 1. The van der Waals surface area contributed by atoms with Gasteiger partial charge in [0.05, 0.1) is 0 Å². The average Bonchev–Trinajstić information content (AvgIpc) is 2.46. The third kappa shape index (κ3) is 2.94. The Morgan fingerprint density at radius 1 is 1.16 bits per heavy atom. The van der Waals surface area contributed by atoms with Gasteiger partial charge in [0.15, 0.2) is 0 Å². The van der Waals surface area contributed by atoms with Crippen LogP contribution in [0.4, 0.5) is 5.69 Å². The van der Waals surface area contributed by atoms with Crippen LogP contribution in [0, 0.1) is 0 Å². The van der Waals surface area contributed by atoms with Crippen molar-refractivity contribution in [2.75, 3.05) is 11.9 Å². The second-order valence-corrected chi connectivity index (χ2v) is 6.46. The van der Waals surface area contributed by atoms with Crippen LogP contribution in [0.2, 0.25) is 0 Å². The first-order valence-corrected chi connectivity index (χ1v) is 7.87. The molecule has 104 valence electrons. The Labute approximate surface area is 117 Å². The lowest BCUT2D eigenvalue weighted by Crippen LogP contribution is -2.43. The molecule has 0 amide bonds. The summed E-state index contributed by atoms with van der Waals surface area (Å²) in [5, 5.41) is 7.42. The van der Waals surface area contributed by atoms with Crippen LogP contribution >= 0.6 is 0 Å². The normalized spacial score (nSPS) is 21.5. The molecule has 1 heterocycles. The fourth-order valence-corrected chi connectivity index (χ4v) is 3.55. The number of hydrogen-bond acceptors (Lipinski definition) is 2. The zero-order valence-corrected chi connectivity index (χ0v) is 12.1. The standard InChI is InChI=1S/C17H26N2/c1-17(10-3-2-4-11-17)19-13-15-8-5-7-14-9-6-12-18-16(14)15/h5,7-8,18-19H,2-4,6,9-13H2,1H3. The van der Waals surface area contributed by atoms with Crippen LogP contribution in [0.15, 0.2) is 18.2 Å². The van der Waals surface area contributed by atoms with Crippen molar-refractivity contribution in [1.82, 2.24) is 5.32 Å². The van der Waals surface area contributed by atoms with Crippen molar-refractivity contribution in [2.45, 2.75) is 64.0 Å². The van der Waals surface area contributed by atoms with Crippen LogP contribution < -0.4 is 10.6 Å². The first-order chi connectivity index (χ1) is 9.27. The van der Waals surface area contributed by atoms with Gasteiger partial charge >= 0.3 is 0 Å². The third-order valence-electron chi connectivity index (χ3n) is 4.82. The second-order valence-electron chi connectivity index (χ2n) is 6.46. The van der Waals surface area contributed by atoms with Gasteiger partial charge in [0, 0.05) is 24.3 Å². The van der Waals surface area contributed by atoms with Crippen molar-refractivity contribution in [3.8, 4) is 0 Å². The molecule has 3 rings (SSSR count). The van der Waals surface area contributed by atoms with Crippen molar-refractivity contribution < 1.29 is 0 Å². The Bertz CT molecular complexity index is 433. The van der Waals surface area contributed by atoms with E-state index in [1.54, 1.807) is 0 Å². The minimum atomic E-state index is 0.357. The van der Waals surface area contributed by atoms with Crippen LogP contribution in [-0.4, -0.2) is 12.1 Å². The highest BCUT2D eigenvalue weighted by Crippen LogP contribution is 2.30. The lowest BCUT2D eigenvalue weighted by Gasteiger charge is -2.35. The topological polar surface area (TPSA) is 24.1 Å². The van der Waals surface area contributed by atoms with E-state index in [9.17, 15) is 0 Å². The molecule has 2 nitrogen and oxygen atoms in total. The van der Waals surface area contributed by atoms with Gasteiger partial charge < -0.3 is 10.6 Å². The van der Waals surface area contributed by atoms with Crippen LogP contribution in [0.3, 0.4) is 0 Å². The number of nitrogens with one attached hydrogen (secondary N) is 2. The van der Waals surface area contributed by atoms with Gasteiger partial charge in [-0.1, -0.05) is 37.5 Å².